The lowest BCUT2D eigenvalue weighted by molar-refractivity contribution is 0.577. The molecule has 1 aliphatic carbocycles. The first-order valence-electron chi connectivity index (χ1n) is 6.38. The van der Waals surface area contributed by atoms with Crippen molar-refractivity contribution in [1.29, 1.82) is 0 Å². The highest BCUT2D eigenvalue weighted by molar-refractivity contribution is 7.89. The van der Waals surface area contributed by atoms with Gasteiger partial charge in [-0.25, -0.2) is 13.1 Å². The Hall–Kier alpha value is -0.910. The van der Waals surface area contributed by atoms with Crippen LogP contribution in [0.2, 0.25) is 0 Å². The minimum Gasteiger partial charge on any atom is -0.324 e. The van der Waals surface area contributed by atoms with Gasteiger partial charge in [0.05, 0.1) is 4.90 Å². The summed E-state index contributed by atoms with van der Waals surface area (Å²) in [5, 5.41) is 0. The summed E-state index contributed by atoms with van der Waals surface area (Å²) in [6, 6.07) is 6.79. The van der Waals surface area contributed by atoms with E-state index in [1.54, 1.807) is 18.2 Å². The fraction of sp³-hybridized carbons (Fsp3) is 0.538. The molecule has 0 amide bonds. The highest BCUT2D eigenvalue weighted by atomic mass is 32.2. The quantitative estimate of drug-likeness (QED) is 0.826. The zero-order chi connectivity index (χ0) is 13.2. The molecule has 0 aliphatic heterocycles. The minimum absolute atomic E-state index is 0.108. The summed E-state index contributed by atoms with van der Waals surface area (Å²) in [4.78, 5) is 0.310. The van der Waals surface area contributed by atoms with E-state index in [-0.39, 0.29) is 6.04 Å². The van der Waals surface area contributed by atoms with E-state index in [4.69, 9.17) is 5.73 Å². The highest BCUT2D eigenvalue weighted by Gasteiger charge is 2.24. The van der Waals surface area contributed by atoms with Gasteiger partial charge in [-0.2, -0.15) is 0 Å². The van der Waals surface area contributed by atoms with E-state index < -0.39 is 10.0 Å². The summed E-state index contributed by atoms with van der Waals surface area (Å²) in [6.07, 6.45) is 3.05. The number of nitrogens with one attached hydrogen (secondary N) is 1. The predicted molar refractivity (Wildman–Crippen MR) is 71.6 cm³/mol. The van der Waals surface area contributed by atoms with Crippen molar-refractivity contribution in [3.8, 4) is 0 Å². The van der Waals surface area contributed by atoms with Crippen LogP contribution < -0.4 is 10.5 Å². The smallest absolute Gasteiger partial charge is 0.240 e. The van der Waals surface area contributed by atoms with Crippen LogP contribution in [0.4, 0.5) is 0 Å². The Morgan fingerprint density at radius 2 is 2.17 bits per heavy atom. The minimum atomic E-state index is -3.39. The van der Waals surface area contributed by atoms with Crippen LogP contribution in [0.3, 0.4) is 0 Å². The zero-order valence-corrected chi connectivity index (χ0v) is 11.4. The Kier molecular flexibility index (Phi) is 4.04. The number of hydrogen-bond donors (Lipinski definition) is 2. The van der Waals surface area contributed by atoms with Crippen molar-refractivity contribution in [2.75, 3.05) is 6.54 Å². The third kappa shape index (κ3) is 3.31. The van der Waals surface area contributed by atoms with Gasteiger partial charge in [0.1, 0.15) is 0 Å². The van der Waals surface area contributed by atoms with E-state index in [1.807, 2.05) is 13.0 Å². The summed E-state index contributed by atoms with van der Waals surface area (Å²) >= 11 is 0. The molecule has 2 rings (SSSR count). The molecule has 18 heavy (non-hydrogen) atoms. The molecule has 4 nitrogen and oxygen atoms in total. The van der Waals surface area contributed by atoms with Crippen LogP contribution in [0.25, 0.3) is 0 Å². The normalized spacial score (nSPS) is 17.7. The molecule has 1 aromatic rings. The van der Waals surface area contributed by atoms with Gasteiger partial charge in [0.25, 0.3) is 0 Å². The number of nitrogens with two attached hydrogens (primary N) is 1. The molecule has 1 fully saturated rings. The lowest BCUT2D eigenvalue weighted by Gasteiger charge is -2.11. The molecule has 1 atom stereocenters. The molecular weight excluding hydrogens is 248 g/mol. The van der Waals surface area contributed by atoms with Crippen LogP contribution >= 0.6 is 0 Å². The Morgan fingerprint density at radius 1 is 1.44 bits per heavy atom. The third-order valence-corrected chi connectivity index (χ3v) is 4.72. The first-order chi connectivity index (χ1) is 8.53. The SMILES string of the molecule is CCC(N)c1cccc(S(=O)(=O)NCC2CC2)c1. The summed E-state index contributed by atoms with van der Waals surface area (Å²) in [5.74, 6) is 0.529. The molecule has 0 saturated heterocycles. The molecule has 1 aromatic carbocycles. The lowest BCUT2D eigenvalue weighted by atomic mass is 10.1. The van der Waals surface area contributed by atoms with Gasteiger partial charge in [0, 0.05) is 12.6 Å². The molecule has 0 radical (unpaired) electrons. The molecule has 0 heterocycles. The first kappa shape index (κ1) is 13.5. The second-order valence-electron chi connectivity index (χ2n) is 4.88. The van der Waals surface area contributed by atoms with Crippen molar-refractivity contribution >= 4 is 10.0 Å². The molecule has 1 unspecified atom stereocenters. The Labute approximate surface area is 109 Å². The summed E-state index contributed by atoms with van der Waals surface area (Å²) in [6.45, 7) is 2.53. The van der Waals surface area contributed by atoms with Gasteiger partial charge < -0.3 is 5.73 Å². The van der Waals surface area contributed by atoms with E-state index in [2.05, 4.69) is 4.72 Å². The molecular formula is C13H20N2O2S. The van der Waals surface area contributed by atoms with Gasteiger partial charge in [-0.15, -0.1) is 0 Å². The number of benzene rings is 1. The van der Waals surface area contributed by atoms with Crippen molar-refractivity contribution in [3.63, 3.8) is 0 Å². The van der Waals surface area contributed by atoms with E-state index in [1.165, 1.54) is 0 Å². The molecule has 1 aliphatic rings. The lowest BCUT2D eigenvalue weighted by Crippen LogP contribution is -2.26. The van der Waals surface area contributed by atoms with Crippen LogP contribution in [0.1, 0.15) is 37.8 Å². The molecule has 100 valence electrons. The molecule has 5 heteroatoms. The number of rotatable bonds is 6. The van der Waals surface area contributed by atoms with E-state index in [0.29, 0.717) is 17.4 Å². The average molecular weight is 268 g/mol. The summed E-state index contributed by atoms with van der Waals surface area (Å²) in [7, 11) is -3.39. The van der Waals surface area contributed by atoms with E-state index in [9.17, 15) is 8.42 Å². The molecule has 1 saturated carbocycles. The summed E-state index contributed by atoms with van der Waals surface area (Å²) < 4.78 is 26.8. The number of sulfonamides is 1. The van der Waals surface area contributed by atoms with E-state index >= 15 is 0 Å². The molecule has 0 spiro atoms. The predicted octanol–water partition coefficient (Wildman–Crippen LogP) is 1.78. The van der Waals surface area contributed by atoms with Gasteiger partial charge in [-0.05, 0) is 42.9 Å². The first-order valence-corrected chi connectivity index (χ1v) is 7.86. The molecule has 0 aromatic heterocycles. The van der Waals surface area contributed by atoms with Crippen LogP contribution in [0.5, 0.6) is 0 Å². The number of hydrogen-bond acceptors (Lipinski definition) is 3. The van der Waals surface area contributed by atoms with Crippen molar-refractivity contribution in [2.24, 2.45) is 11.7 Å². The second kappa shape index (κ2) is 5.38. The van der Waals surface area contributed by atoms with Gasteiger partial charge in [0.2, 0.25) is 10.0 Å². The van der Waals surface area contributed by atoms with Crippen molar-refractivity contribution in [3.05, 3.63) is 29.8 Å². The van der Waals surface area contributed by atoms with Gasteiger partial charge >= 0.3 is 0 Å². The fourth-order valence-electron chi connectivity index (χ4n) is 1.78. The van der Waals surface area contributed by atoms with Gasteiger partial charge in [0.15, 0.2) is 0 Å². The van der Waals surface area contributed by atoms with Crippen LogP contribution in [-0.4, -0.2) is 15.0 Å². The van der Waals surface area contributed by atoms with Crippen LogP contribution in [-0.2, 0) is 10.0 Å². The molecule has 3 N–H and O–H groups in total. The van der Waals surface area contributed by atoms with Crippen LogP contribution in [0.15, 0.2) is 29.2 Å². The Bertz CT molecular complexity index is 509. The maximum atomic E-state index is 12.1. The van der Waals surface area contributed by atoms with Crippen molar-refractivity contribution < 1.29 is 8.42 Å². The molecule has 0 bridgehead atoms. The van der Waals surface area contributed by atoms with E-state index in [0.717, 1.165) is 24.8 Å². The average Bonchev–Trinajstić information content (AvgIpc) is 3.20. The fourth-order valence-corrected chi connectivity index (χ4v) is 2.95. The van der Waals surface area contributed by atoms with Gasteiger partial charge in [-0.1, -0.05) is 19.1 Å². The largest absolute Gasteiger partial charge is 0.324 e. The maximum absolute atomic E-state index is 12.1. The Balaban J connectivity index is 2.15. The third-order valence-electron chi connectivity index (χ3n) is 3.30. The van der Waals surface area contributed by atoms with Crippen molar-refractivity contribution in [1.82, 2.24) is 4.72 Å². The van der Waals surface area contributed by atoms with Gasteiger partial charge in [-0.3, -0.25) is 0 Å². The second-order valence-corrected chi connectivity index (χ2v) is 6.65. The topological polar surface area (TPSA) is 72.2 Å². The standard InChI is InChI=1S/C13H20N2O2S/c1-2-13(14)11-4-3-5-12(8-11)18(16,17)15-9-10-6-7-10/h3-5,8,10,13,15H,2,6-7,9,14H2,1H3. The summed E-state index contributed by atoms with van der Waals surface area (Å²) in [5.41, 5.74) is 6.79. The monoisotopic (exact) mass is 268 g/mol. The zero-order valence-electron chi connectivity index (χ0n) is 10.6. The maximum Gasteiger partial charge on any atom is 0.240 e. The van der Waals surface area contributed by atoms with Crippen LogP contribution in [0, 0.1) is 5.92 Å². The highest BCUT2D eigenvalue weighted by Crippen LogP contribution is 2.28. The van der Waals surface area contributed by atoms with Crippen molar-refractivity contribution in [2.45, 2.75) is 37.1 Å². The Morgan fingerprint density at radius 3 is 2.78 bits per heavy atom.